The molecule has 0 heterocycles. The zero-order valence-electron chi connectivity index (χ0n) is 11.7. The number of halogens is 1. The van der Waals surface area contributed by atoms with E-state index < -0.39 is 0 Å². The summed E-state index contributed by atoms with van der Waals surface area (Å²) < 4.78 is 5.77. The van der Waals surface area contributed by atoms with Crippen LogP contribution in [0.1, 0.15) is 13.3 Å². The number of methoxy groups -OCH3 is 1. The van der Waals surface area contributed by atoms with Crippen LogP contribution in [0, 0.1) is 0 Å². The molecule has 1 aromatic carbocycles. The van der Waals surface area contributed by atoms with Gasteiger partial charge < -0.3 is 15.0 Å². The van der Waals surface area contributed by atoms with E-state index in [4.69, 9.17) is 4.74 Å². The summed E-state index contributed by atoms with van der Waals surface area (Å²) in [5.74, 6) is -0.184. The smallest absolute Gasteiger partial charge is 0.226 e. The van der Waals surface area contributed by atoms with Gasteiger partial charge in [-0.3, -0.25) is 9.59 Å². The Morgan fingerprint density at radius 1 is 1.30 bits per heavy atom. The second-order valence-electron chi connectivity index (χ2n) is 4.28. The minimum Gasteiger partial charge on any atom is -0.383 e. The van der Waals surface area contributed by atoms with Gasteiger partial charge in [0.1, 0.15) is 0 Å². The summed E-state index contributed by atoms with van der Waals surface area (Å²) in [5.41, 5.74) is 0.726. The van der Waals surface area contributed by atoms with E-state index in [9.17, 15) is 9.59 Å². The van der Waals surface area contributed by atoms with Crippen molar-refractivity contribution in [1.29, 1.82) is 0 Å². The van der Waals surface area contributed by atoms with Gasteiger partial charge in [0, 0.05) is 38.0 Å². The van der Waals surface area contributed by atoms with Crippen LogP contribution in [0.4, 0.5) is 5.69 Å². The molecule has 0 aromatic heterocycles. The van der Waals surface area contributed by atoms with Crippen molar-refractivity contribution in [1.82, 2.24) is 4.90 Å². The summed E-state index contributed by atoms with van der Waals surface area (Å²) >= 11 is 3.37. The first kappa shape index (κ1) is 16.7. The number of carbonyl (C=O) groups is 2. The highest BCUT2D eigenvalue weighted by Gasteiger charge is 2.11. The molecule has 1 rings (SSSR count). The SMILES string of the molecule is COCCN(CCC(=O)Nc1ccccc1Br)C(C)=O. The largest absolute Gasteiger partial charge is 0.383 e. The van der Waals surface area contributed by atoms with E-state index in [1.807, 2.05) is 24.3 Å². The van der Waals surface area contributed by atoms with Crippen molar-refractivity contribution in [2.75, 3.05) is 32.1 Å². The van der Waals surface area contributed by atoms with E-state index in [1.54, 1.807) is 12.0 Å². The third kappa shape index (κ3) is 5.71. The molecule has 0 aliphatic carbocycles. The number of amides is 2. The molecule has 0 fully saturated rings. The molecule has 0 radical (unpaired) electrons. The fourth-order valence-corrected chi connectivity index (χ4v) is 2.02. The number of rotatable bonds is 7. The van der Waals surface area contributed by atoms with Crippen molar-refractivity contribution in [2.45, 2.75) is 13.3 Å². The molecule has 0 aliphatic heterocycles. The van der Waals surface area contributed by atoms with E-state index in [2.05, 4.69) is 21.2 Å². The molecule has 5 nitrogen and oxygen atoms in total. The average Bonchev–Trinajstić information content (AvgIpc) is 2.41. The maximum absolute atomic E-state index is 11.9. The lowest BCUT2D eigenvalue weighted by Gasteiger charge is -2.20. The second-order valence-corrected chi connectivity index (χ2v) is 5.13. The number of ether oxygens (including phenoxy) is 1. The van der Waals surface area contributed by atoms with Crippen molar-refractivity contribution in [3.63, 3.8) is 0 Å². The summed E-state index contributed by atoms with van der Waals surface area (Å²) in [7, 11) is 1.58. The van der Waals surface area contributed by atoms with Crippen LogP contribution in [-0.4, -0.2) is 43.5 Å². The number of nitrogens with zero attached hydrogens (tertiary/aromatic N) is 1. The third-order valence-corrected chi connectivity index (χ3v) is 3.46. The molecular weight excluding hydrogens is 324 g/mol. The molecule has 0 bridgehead atoms. The summed E-state index contributed by atoms with van der Waals surface area (Å²) in [6.07, 6.45) is 0.255. The topological polar surface area (TPSA) is 58.6 Å². The zero-order valence-corrected chi connectivity index (χ0v) is 13.3. The first-order chi connectivity index (χ1) is 9.54. The van der Waals surface area contributed by atoms with Gasteiger partial charge in [-0.15, -0.1) is 0 Å². The highest BCUT2D eigenvalue weighted by Crippen LogP contribution is 2.21. The standard InChI is InChI=1S/C14H19BrN2O3/c1-11(18)17(9-10-20-2)8-7-14(19)16-13-6-4-3-5-12(13)15/h3-6H,7-10H2,1-2H3,(H,16,19). The number of para-hydroxylation sites is 1. The predicted octanol–water partition coefficient (Wildman–Crippen LogP) is 2.27. The monoisotopic (exact) mass is 342 g/mol. The predicted molar refractivity (Wildman–Crippen MR) is 81.5 cm³/mol. The normalized spacial score (nSPS) is 10.2. The maximum Gasteiger partial charge on any atom is 0.226 e. The number of hydrogen-bond acceptors (Lipinski definition) is 3. The first-order valence-electron chi connectivity index (χ1n) is 6.33. The van der Waals surface area contributed by atoms with Crippen LogP contribution in [0.5, 0.6) is 0 Å². The first-order valence-corrected chi connectivity index (χ1v) is 7.12. The molecule has 1 N–H and O–H groups in total. The molecule has 0 atom stereocenters. The fourth-order valence-electron chi connectivity index (χ4n) is 1.64. The van der Waals surface area contributed by atoms with E-state index in [-0.39, 0.29) is 18.2 Å². The maximum atomic E-state index is 11.9. The van der Waals surface area contributed by atoms with Gasteiger partial charge in [0.25, 0.3) is 0 Å². The van der Waals surface area contributed by atoms with Crippen LogP contribution in [-0.2, 0) is 14.3 Å². The van der Waals surface area contributed by atoms with Crippen molar-refractivity contribution >= 4 is 33.4 Å². The van der Waals surface area contributed by atoms with Crippen LogP contribution < -0.4 is 5.32 Å². The van der Waals surface area contributed by atoms with Crippen molar-refractivity contribution in [3.8, 4) is 0 Å². The lowest BCUT2D eigenvalue weighted by Crippen LogP contribution is -2.34. The van der Waals surface area contributed by atoms with E-state index in [0.29, 0.717) is 19.7 Å². The number of benzene rings is 1. The molecule has 6 heteroatoms. The minimum absolute atomic E-state index is 0.0595. The Balaban J connectivity index is 2.45. The molecule has 0 aliphatic rings. The third-order valence-electron chi connectivity index (χ3n) is 2.77. The summed E-state index contributed by atoms with van der Waals surface area (Å²) in [6, 6.07) is 7.40. The van der Waals surface area contributed by atoms with Crippen LogP contribution in [0.15, 0.2) is 28.7 Å². The molecule has 1 aromatic rings. The van der Waals surface area contributed by atoms with E-state index >= 15 is 0 Å². The van der Waals surface area contributed by atoms with Gasteiger partial charge in [-0.05, 0) is 28.1 Å². The van der Waals surface area contributed by atoms with Gasteiger partial charge in [0.05, 0.1) is 12.3 Å². The highest BCUT2D eigenvalue weighted by molar-refractivity contribution is 9.10. The molecule has 0 unspecified atom stereocenters. The molecule has 110 valence electrons. The van der Waals surface area contributed by atoms with Crippen molar-refractivity contribution < 1.29 is 14.3 Å². The van der Waals surface area contributed by atoms with Gasteiger partial charge >= 0.3 is 0 Å². The van der Waals surface area contributed by atoms with Gasteiger partial charge in [-0.2, -0.15) is 0 Å². The second kappa shape index (κ2) is 8.71. The van der Waals surface area contributed by atoms with Gasteiger partial charge in [-0.1, -0.05) is 12.1 Å². The number of anilines is 1. The lowest BCUT2D eigenvalue weighted by atomic mass is 10.3. The Hall–Kier alpha value is -1.40. The fraction of sp³-hybridized carbons (Fsp3) is 0.429. The number of carbonyl (C=O) groups excluding carboxylic acids is 2. The molecular formula is C14H19BrN2O3. The Morgan fingerprint density at radius 2 is 2.00 bits per heavy atom. The Kier molecular flexibility index (Phi) is 7.25. The van der Waals surface area contributed by atoms with Gasteiger partial charge in [0.2, 0.25) is 11.8 Å². The number of hydrogen-bond donors (Lipinski definition) is 1. The quantitative estimate of drug-likeness (QED) is 0.826. The summed E-state index contributed by atoms with van der Waals surface area (Å²) in [4.78, 5) is 24.9. The Bertz CT molecular complexity index is 465. The summed E-state index contributed by atoms with van der Waals surface area (Å²) in [6.45, 7) is 2.83. The Labute approximate surface area is 127 Å². The minimum atomic E-state index is -0.124. The van der Waals surface area contributed by atoms with E-state index in [0.717, 1.165) is 10.2 Å². The van der Waals surface area contributed by atoms with Crippen molar-refractivity contribution in [2.24, 2.45) is 0 Å². The Morgan fingerprint density at radius 3 is 2.60 bits per heavy atom. The molecule has 2 amide bonds. The van der Waals surface area contributed by atoms with E-state index in [1.165, 1.54) is 6.92 Å². The van der Waals surface area contributed by atoms with Crippen LogP contribution in [0.2, 0.25) is 0 Å². The lowest BCUT2D eigenvalue weighted by molar-refractivity contribution is -0.130. The molecule has 20 heavy (non-hydrogen) atoms. The summed E-state index contributed by atoms with van der Waals surface area (Å²) in [5, 5.41) is 2.81. The highest BCUT2D eigenvalue weighted by atomic mass is 79.9. The van der Waals surface area contributed by atoms with Crippen LogP contribution >= 0.6 is 15.9 Å². The molecule has 0 saturated carbocycles. The number of nitrogens with one attached hydrogen (secondary N) is 1. The molecule has 0 saturated heterocycles. The van der Waals surface area contributed by atoms with Gasteiger partial charge in [0.15, 0.2) is 0 Å². The van der Waals surface area contributed by atoms with Crippen molar-refractivity contribution in [3.05, 3.63) is 28.7 Å². The van der Waals surface area contributed by atoms with Gasteiger partial charge in [-0.25, -0.2) is 0 Å². The average molecular weight is 343 g/mol. The van der Waals surface area contributed by atoms with Crippen LogP contribution in [0.3, 0.4) is 0 Å². The van der Waals surface area contributed by atoms with Crippen LogP contribution in [0.25, 0.3) is 0 Å². The zero-order chi connectivity index (χ0) is 15.0. The molecule has 0 spiro atoms.